The molecule has 1 aliphatic carbocycles. The van der Waals surface area contributed by atoms with Crippen molar-refractivity contribution in [3.05, 3.63) is 54.4 Å². The number of rotatable bonds is 4. The van der Waals surface area contributed by atoms with Gasteiger partial charge in [0, 0.05) is 37.4 Å². The summed E-state index contributed by atoms with van der Waals surface area (Å²) in [6.45, 7) is 1.74. The number of aromatic nitrogens is 1. The Morgan fingerprint density at radius 1 is 1.08 bits per heavy atom. The van der Waals surface area contributed by atoms with Crippen LogP contribution in [0.1, 0.15) is 36.8 Å². The molecule has 1 saturated carbocycles. The third-order valence-corrected chi connectivity index (χ3v) is 5.47. The molecule has 1 aromatic heterocycles. The lowest BCUT2D eigenvalue weighted by Gasteiger charge is -2.33. The SMILES string of the molecule is COc1ccccc1[C@@H]1C[C@H]1C(=O)N1CCC(n2cccc2)CC1. The van der Waals surface area contributed by atoms with Crippen molar-refractivity contribution in [2.24, 2.45) is 5.92 Å². The number of ether oxygens (including phenoxy) is 1. The zero-order valence-corrected chi connectivity index (χ0v) is 14.1. The van der Waals surface area contributed by atoms with Gasteiger partial charge >= 0.3 is 0 Å². The smallest absolute Gasteiger partial charge is 0.226 e. The maximum absolute atomic E-state index is 12.8. The van der Waals surface area contributed by atoms with Crippen molar-refractivity contribution in [1.29, 1.82) is 0 Å². The quantitative estimate of drug-likeness (QED) is 0.863. The minimum absolute atomic E-state index is 0.143. The van der Waals surface area contributed by atoms with Crippen LogP contribution in [0.15, 0.2) is 48.8 Å². The molecular weight excluding hydrogens is 300 g/mol. The van der Waals surface area contributed by atoms with Crippen molar-refractivity contribution in [3.8, 4) is 5.75 Å². The average molecular weight is 324 g/mol. The fourth-order valence-corrected chi connectivity index (χ4v) is 3.99. The third kappa shape index (κ3) is 2.81. The molecule has 2 aliphatic rings. The summed E-state index contributed by atoms with van der Waals surface area (Å²) in [6.07, 6.45) is 7.30. The molecule has 0 bridgehead atoms. The van der Waals surface area contributed by atoms with E-state index in [2.05, 4.69) is 40.1 Å². The summed E-state index contributed by atoms with van der Waals surface area (Å²) in [6, 6.07) is 12.8. The fraction of sp³-hybridized carbons (Fsp3) is 0.450. The average Bonchev–Trinajstić information content (AvgIpc) is 3.25. The van der Waals surface area contributed by atoms with Crippen LogP contribution in [0.3, 0.4) is 0 Å². The second-order valence-electron chi connectivity index (χ2n) is 6.88. The molecule has 1 aliphatic heterocycles. The number of carbonyl (C=O) groups is 1. The molecule has 2 heterocycles. The van der Waals surface area contributed by atoms with E-state index < -0.39 is 0 Å². The topological polar surface area (TPSA) is 34.5 Å². The van der Waals surface area contributed by atoms with Gasteiger partial charge in [-0.2, -0.15) is 0 Å². The molecule has 0 radical (unpaired) electrons. The van der Waals surface area contributed by atoms with Gasteiger partial charge in [-0.05, 0) is 48.9 Å². The number of para-hydroxylation sites is 1. The van der Waals surface area contributed by atoms with Gasteiger partial charge in [0.2, 0.25) is 5.91 Å². The lowest BCUT2D eigenvalue weighted by molar-refractivity contribution is -0.134. The number of piperidine rings is 1. The van der Waals surface area contributed by atoms with E-state index in [1.54, 1.807) is 7.11 Å². The maximum atomic E-state index is 12.8. The molecule has 2 fully saturated rings. The first-order valence-corrected chi connectivity index (χ1v) is 8.82. The molecule has 0 unspecified atom stereocenters. The summed E-state index contributed by atoms with van der Waals surface area (Å²) in [4.78, 5) is 14.9. The Morgan fingerprint density at radius 2 is 1.79 bits per heavy atom. The number of nitrogens with zero attached hydrogens (tertiary/aromatic N) is 2. The van der Waals surface area contributed by atoms with Crippen LogP contribution in [0.2, 0.25) is 0 Å². The van der Waals surface area contributed by atoms with Crippen molar-refractivity contribution >= 4 is 5.91 Å². The van der Waals surface area contributed by atoms with E-state index >= 15 is 0 Å². The second-order valence-corrected chi connectivity index (χ2v) is 6.88. The van der Waals surface area contributed by atoms with Crippen LogP contribution in [0.5, 0.6) is 5.75 Å². The van der Waals surface area contributed by atoms with E-state index in [1.165, 1.54) is 5.56 Å². The molecule has 4 heteroatoms. The number of carbonyl (C=O) groups excluding carboxylic acids is 1. The van der Waals surface area contributed by atoms with Crippen molar-refractivity contribution in [2.75, 3.05) is 20.2 Å². The van der Waals surface area contributed by atoms with Crippen molar-refractivity contribution in [3.63, 3.8) is 0 Å². The van der Waals surface area contributed by atoms with Gasteiger partial charge in [0.1, 0.15) is 5.75 Å². The summed E-state index contributed by atoms with van der Waals surface area (Å²) in [5.41, 5.74) is 1.18. The number of amides is 1. The van der Waals surface area contributed by atoms with Crippen LogP contribution in [0.4, 0.5) is 0 Å². The highest BCUT2D eigenvalue weighted by Gasteiger charge is 2.47. The van der Waals surface area contributed by atoms with Gasteiger partial charge in [-0.15, -0.1) is 0 Å². The molecule has 1 saturated heterocycles. The van der Waals surface area contributed by atoms with E-state index in [0.717, 1.165) is 38.1 Å². The van der Waals surface area contributed by atoms with E-state index in [1.807, 2.05) is 18.2 Å². The normalized spacial score (nSPS) is 24.0. The second kappa shape index (κ2) is 6.34. The minimum atomic E-state index is 0.143. The van der Waals surface area contributed by atoms with Gasteiger partial charge in [0.05, 0.1) is 7.11 Å². The molecule has 4 rings (SSSR count). The Hall–Kier alpha value is -2.23. The van der Waals surface area contributed by atoms with Crippen LogP contribution in [0, 0.1) is 5.92 Å². The van der Waals surface area contributed by atoms with Crippen molar-refractivity contribution in [2.45, 2.75) is 31.2 Å². The van der Waals surface area contributed by atoms with Gasteiger partial charge in [-0.1, -0.05) is 18.2 Å². The molecular formula is C20H24N2O2. The molecule has 4 nitrogen and oxygen atoms in total. The Balaban J connectivity index is 1.36. The molecule has 24 heavy (non-hydrogen) atoms. The van der Waals surface area contributed by atoms with Crippen molar-refractivity contribution in [1.82, 2.24) is 9.47 Å². The van der Waals surface area contributed by atoms with Crippen LogP contribution in [-0.4, -0.2) is 35.6 Å². The van der Waals surface area contributed by atoms with Gasteiger partial charge in [0.15, 0.2) is 0 Å². The summed E-state index contributed by atoms with van der Waals surface area (Å²) in [5.74, 6) is 1.71. The Bertz CT molecular complexity index is 702. The van der Waals surface area contributed by atoms with Crippen LogP contribution < -0.4 is 4.74 Å². The number of likely N-dealkylation sites (tertiary alicyclic amines) is 1. The third-order valence-electron chi connectivity index (χ3n) is 5.47. The number of methoxy groups -OCH3 is 1. The Morgan fingerprint density at radius 3 is 2.50 bits per heavy atom. The molecule has 0 N–H and O–H groups in total. The van der Waals surface area contributed by atoms with Gasteiger partial charge in [-0.3, -0.25) is 4.79 Å². The summed E-state index contributed by atoms with van der Waals surface area (Å²) >= 11 is 0. The molecule has 2 atom stereocenters. The highest BCUT2D eigenvalue weighted by molar-refractivity contribution is 5.83. The molecule has 1 aromatic carbocycles. The predicted octanol–water partition coefficient (Wildman–Crippen LogP) is 3.46. The minimum Gasteiger partial charge on any atom is -0.496 e. The molecule has 2 aromatic rings. The van der Waals surface area contributed by atoms with E-state index in [0.29, 0.717) is 17.9 Å². The van der Waals surface area contributed by atoms with E-state index in [9.17, 15) is 4.79 Å². The van der Waals surface area contributed by atoms with Crippen molar-refractivity contribution < 1.29 is 9.53 Å². The van der Waals surface area contributed by atoms with Gasteiger partial charge in [0.25, 0.3) is 0 Å². The number of benzene rings is 1. The van der Waals surface area contributed by atoms with E-state index in [-0.39, 0.29) is 5.92 Å². The number of hydrogen-bond acceptors (Lipinski definition) is 2. The Labute approximate surface area is 143 Å². The highest BCUT2D eigenvalue weighted by Crippen LogP contribution is 2.51. The highest BCUT2D eigenvalue weighted by atomic mass is 16.5. The van der Waals surface area contributed by atoms with Crippen LogP contribution in [-0.2, 0) is 4.79 Å². The Kier molecular flexibility index (Phi) is 4.05. The zero-order chi connectivity index (χ0) is 16.5. The summed E-state index contributed by atoms with van der Waals surface area (Å²) in [7, 11) is 1.70. The summed E-state index contributed by atoms with van der Waals surface area (Å²) in [5, 5.41) is 0. The van der Waals surface area contributed by atoms with Crippen LogP contribution in [0.25, 0.3) is 0 Å². The summed E-state index contributed by atoms with van der Waals surface area (Å²) < 4.78 is 7.72. The van der Waals surface area contributed by atoms with Crippen LogP contribution >= 0.6 is 0 Å². The fourth-order valence-electron chi connectivity index (χ4n) is 3.99. The van der Waals surface area contributed by atoms with Gasteiger partial charge < -0.3 is 14.2 Å². The van der Waals surface area contributed by atoms with E-state index in [4.69, 9.17) is 4.74 Å². The molecule has 126 valence electrons. The lowest BCUT2D eigenvalue weighted by Crippen LogP contribution is -2.40. The first-order valence-electron chi connectivity index (χ1n) is 8.82. The maximum Gasteiger partial charge on any atom is 0.226 e. The lowest BCUT2D eigenvalue weighted by atomic mass is 10.0. The predicted molar refractivity (Wildman–Crippen MR) is 93.1 cm³/mol. The number of hydrogen-bond donors (Lipinski definition) is 0. The standard InChI is InChI=1S/C20H24N2O2/c1-24-19-7-3-2-6-16(19)17-14-18(17)20(23)22-12-8-15(9-13-22)21-10-4-5-11-21/h2-7,10-11,15,17-18H,8-9,12-14H2,1H3/t17-,18+/m0/s1. The monoisotopic (exact) mass is 324 g/mol. The largest absolute Gasteiger partial charge is 0.496 e. The zero-order valence-electron chi connectivity index (χ0n) is 14.1. The first-order chi connectivity index (χ1) is 11.8. The molecule has 1 amide bonds. The first kappa shape index (κ1) is 15.3. The molecule has 0 spiro atoms. The van der Waals surface area contributed by atoms with Gasteiger partial charge in [-0.25, -0.2) is 0 Å².